The third kappa shape index (κ3) is 2.49. The van der Waals surface area contributed by atoms with Crippen LogP contribution in [0.1, 0.15) is 21.7 Å². The van der Waals surface area contributed by atoms with Crippen LogP contribution in [0.5, 0.6) is 0 Å². The van der Waals surface area contributed by atoms with E-state index in [4.69, 9.17) is 15.4 Å². The average Bonchev–Trinajstić information content (AvgIpc) is 2.91. The van der Waals surface area contributed by atoms with Gasteiger partial charge in [-0.1, -0.05) is 5.16 Å². The van der Waals surface area contributed by atoms with E-state index in [9.17, 15) is 4.79 Å². The zero-order chi connectivity index (χ0) is 14.7. The standard InChI is InChI=1S/C14H15N3O3/c1-9-7-8-20-12(9)14(18)17(2)11-5-3-10(4-6-11)13(15)16-19/h3-8,19H,1-2H3,(H2,15,16). The fraction of sp³-hybridized carbons (Fsp3) is 0.143. The highest BCUT2D eigenvalue weighted by Crippen LogP contribution is 2.18. The van der Waals surface area contributed by atoms with Gasteiger partial charge in [0.15, 0.2) is 11.6 Å². The summed E-state index contributed by atoms with van der Waals surface area (Å²) in [4.78, 5) is 13.7. The van der Waals surface area contributed by atoms with Gasteiger partial charge in [-0.2, -0.15) is 0 Å². The Balaban J connectivity index is 2.24. The number of hydrogen-bond acceptors (Lipinski definition) is 4. The molecule has 0 fully saturated rings. The molecule has 1 aromatic carbocycles. The number of carbonyl (C=O) groups is 1. The first kappa shape index (κ1) is 13.7. The van der Waals surface area contributed by atoms with Gasteiger partial charge >= 0.3 is 0 Å². The van der Waals surface area contributed by atoms with Gasteiger partial charge in [0.25, 0.3) is 5.91 Å². The first-order valence-corrected chi connectivity index (χ1v) is 5.94. The van der Waals surface area contributed by atoms with Gasteiger partial charge in [0.1, 0.15) is 0 Å². The maximum atomic E-state index is 12.2. The van der Waals surface area contributed by atoms with Crippen LogP contribution in [0, 0.1) is 6.92 Å². The maximum Gasteiger partial charge on any atom is 0.293 e. The van der Waals surface area contributed by atoms with E-state index in [1.807, 2.05) is 6.92 Å². The van der Waals surface area contributed by atoms with Crippen molar-refractivity contribution < 1.29 is 14.4 Å². The Labute approximate surface area is 116 Å². The lowest BCUT2D eigenvalue weighted by molar-refractivity contribution is 0.0965. The molecule has 0 aliphatic carbocycles. The van der Waals surface area contributed by atoms with E-state index in [1.54, 1.807) is 37.4 Å². The minimum absolute atomic E-state index is 0.0207. The van der Waals surface area contributed by atoms with Gasteiger partial charge in [-0.3, -0.25) is 4.79 Å². The summed E-state index contributed by atoms with van der Waals surface area (Å²) in [6, 6.07) is 8.50. The summed E-state index contributed by atoms with van der Waals surface area (Å²) in [7, 11) is 1.66. The third-order valence-corrected chi connectivity index (χ3v) is 3.02. The molecule has 2 aromatic rings. The van der Waals surface area contributed by atoms with Crippen LogP contribution in [0.2, 0.25) is 0 Å². The second-order valence-corrected chi connectivity index (χ2v) is 4.33. The SMILES string of the molecule is Cc1ccoc1C(=O)N(C)c1ccc(C(N)=NO)cc1. The molecular formula is C14H15N3O3. The average molecular weight is 273 g/mol. The number of aryl methyl sites for hydroxylation is 1. The number of furan rings is 1. The lowest BCUT2D eigenvalue weighted by atomic mass is 10.1. The Morgan fingerprint density at radius 3 is 2.45 bits per heavy atom. The second kappa shape index (κ2) is 5.48. The number of carbonyl (C=O) groups excluding carboxylic acids is 1. The first-order chi connectivity index (χ1) is 9.54. The van der Waals surface area contributed by atoms with Crippen molar-refractivity contribution in [2.45, 2.75) is 6.92 Å². The van der Waals surface area contributed by atoms with Crippen LogP contribution >= 0.6 is 0 Å². The fourth-order valence-corrected chi connectivity index (χ4v) is 1.77. The summed E-state index contributed by atoms with van der Waals surface area (Å²) in [5.41, 5.74) is 7.52. The quantitative estimate of drug-likeness (QED) is 0.387. The van der Waals surface area contributed by atoms with Crippen molar-refractivity contribution in [3.8, 4) is 0 Å². The second-order valence-electron chi connectivity index (χ2n) is 4.33. The number of oxime groups is 1. The molecule has 3 N–H and O–H groups in total. The minimum atomic E-state index is -0.232. The van der Waals surface area contributed by atoms with E-state index in [2.05, 4.69) is 5.16 Å². The largest absolute Gasteiger partial charge is 0.459 e. The number of nitrogens with zero attached hydrogens (tertiary/aromatic N) is 2. The highest BCUT2D eigenvalue weighted by Gasteiger charge is 2.18. The lowest BCUT2D eigenvalue weighted by Gasteiger charge is -2.16. The molecule has 0 aliphatic rings. The molecule has 0 atom stereocenters. The van der Waals surface area contributed by atoms with E-state index in [-0.39, 0.29) is 11.7 Å². The van der Waals surface area contributed by atoms with E-state index >= 15 is 0 Å². The van der Waals surface area contributed by atoms with Crippen LogP contribution in [-0.4, -0.2) is 24.0 Å². The fourth-order valence-electron chi connectivity index (χ4n) is 1.77. The van der Waals surface area contributed by atoms with Gasteiger partial charge in [-0.15, -0.1) is 0 Å². The molecule has 1 aromatic heterocycles. The van der Waals surface area contributed by atoms with Crippen LogP contribution < -0.4 is 10.6 Å². The van der Waals surface area contributed by atoms with Crippen molar-refractivity contribution in [2.24, 2.45) is 10.9 Å². The molecule has 1 amide bonds. The summed E-state index contributed by atoms with van der Waals surface area (Å²) >= 11 is 0. The van der Waals surface area contributed by atoms with Crippen LogP contribution in [0.25, 0.3) is 0 Å². The molecule has 2 rings (SSSR count). The molecule has 0 saturated heterocycles. The Kier molecular flexibility index (Phi) is 3.74. The Morgan fingerprint density at radius 1 is 1.30 bits per heavy atom. The van der Waals surface area contributed by atoms with Gasteiger partial charge in [0.05, 0.1) is 6.26 Å². The van der Waals surface area contributed by atoms with Crippen LogP contribution in [0.4, 0.5) is 5.69 Å². The smallest absolute Gasteiger partial charge is 0.293 e. The normalized spacial score (nSPS) is 11.4. The van der Waals surface area contributed by atoms with Crippen molar-refractivity contribution >= 4 is 17.4 Å². The van der Waals surface area contributed by atoms with Crippen molar-refractivity contribution in [3.63, 3.8) is 0 Å². The minimum Gasteiger partial charge on any atom is -0.459 e. The third-order valence-electron chi connectivity index (χ3n) is 3.02. The number of anilines is 1. The molecule has 0 unspecified atom stereocenters. The zero-order valence-corrected chi connectivity index (χ0v) is 11.2. The summed E-state index contributed by atoms with van der Waals surface area (Å²) in [6.07, 6.45) is 1.48. The molecule has 0 radical (unpaired) electrons. The Hall–Kier alpha value is -2.76. The monoisotopic (exact) mass is 273 g/mol. The molecule has 20 heavy (non-hydrogen) atoms. The van der Waals surface area contributed by atoms with E-state index in [1.165, 1.54) is 11.2 Å². The number of benzene rings is 1. The van der Waals surface area contributed by atoms with Crippen molar-refractivity contribution in [1.29, 1.82) is 0 Å². The van der Waals surface area contributed by atoms with Gasteiger partial charge in [-0.25, -0.2) is 0 Å². The van der Waals surface area contributed by atoms with E-state index < -0.39 is 0 Å². The van der Waals surface area contributed by atoms with E-state index in [0.717, 1.165) is 5.56 Å². The van der Waals surface area contributed by atoms with Crippen molar-refractivity contribution in [3.05, 3.63) is 53.5 Å². The van der Waals surface area contributed by atoms with Crippen LogP contribution in [-0.2, 0) is 0 Å². The zero-order valence-electron chi connectivity index (χ0n) is 11.2. The van der Waals surface area contributed by atoms with Gasteiger partial charge < -0.3 is 20.3 Å². The van der Waals surface area contributed by atoms with Gasteiger partial charge in [0.2, 0.25) is 0 Å². The Morgan fingerprint density at radius 2 is 1.95 bits per heavy atom. The molecule has 6 heteroatoms. The van der Waals surface area contributed by atoms with Crippen LogP contribution in [0.15, 0.2) is 46.2 Å². The molecule has 0 saturated carbocycles. The summed E-state index contributed by atoms with van der Waals surface area (Å²) in [5.74, 6) is 0.101. The number of nitrogens with two attached hydrogens (primary N) is 1. The maximum absolute atomic E-state index is 12.2. The number of rotatable bonds is 3. The predicted octanol–water partition coefficient (Wildman–Crippen LogP) is 1.96. The molecular weight excluding hydrogens is 258 g/mol. The van der Waals surface area contributed by atoms with E-state index in [0.29, 0.717) is 17.0 Å². The Bertz CT molecular complexity index is 644. The molecule has 1 heterocycles. The van der Waals surface area contributed by atoms with Crippen LogP contribution in [0.3, 0.4) is 0 Å². The highest BCUT2D eigenvalue weighted by atomic mass is 16.4. The highest BCUT2D eigenvalue weighted by molar-refractivity contribution is 6.05. The summed E-state index contributed by atoms with van der Waals surface area (Å²) in [5, 5.41) is 11.5. The van der Waals surface area contributed by atoms with Gasteiger partial charge in [-0.05, 0) is 37.3 Å². The molecule has 0 spiro atoms. The molecule has 104 valence electrons. The molecule has 0 aliphatic heterocycles. The van der Waals surface area contributed by atoms with Crippen molar-refractivity contribution in [1.82, 2.24) is 0 Å². The van der Waals surface area contributed by atoms with Gasteiger partial charge in [0, 0.05) is 23.9 Å². The number of amides is 1. The summed E-state index contributed by atoms with van der Waals surface area (Å²) < 4.78 is 5.18. The number of hydrogen-bond donors (Lipinski definition) is 2. The predicted molar refractivity (Wildman–Crippen MR) is 75.1 cm³/mol. The first-order valence-electron chi connectivity index (χ1n) is 5.94. The summed E-state index contributed by atoms with van der Waals surface area (Å²) in [6.45, 7) is 1.81. The number of amidine groups is 1. The van der Waals surface area contributed by atoms with Crippen molar-refractivity contribution in [2.75, 3.05) is 11.9 Å². The molecule has 6 nitrogen and oxygen atoms in total. The lowest BCUT2D eigenvalue weighted by Crippen LogP contribution is -2.26. The topological polar surface area (TPSA) is 92.1 Å². The molecule has 0 bridgehead atoms.